The molecule has 5 heteroatoms. The number of hydrogen-bond acceptors (Lipinski definition) is 3. The maximum atomic E-state index is 10.7. The Labute approximate surface area is 106 Å². The first-order valence-corrected chi connectivity index (χ1v) is 5.72. The molecular weight excluding hydrogens is 286 g/mol. The van der Waals surface area contributed by atoms with Gasteiger partial charge < -0.3 is 14.8 Å². The van der Waals surface area contributed by atoms with E-state index in [1.54, 1.807) is 6.07 Å². The molecule has 0 radical (unpaired) electrons. The van der Waals surface area contributed by atoms with Gasteiger partial charge in [-0.2, -0.15) is 0 Å². The van der Waals surface area contributed by atoms with Gasteiger partial charge in [-0.05, 0) is 40.5 Å². The summed E-state index contributed by atoms with van der Waals surface area (Å²) in [6.45, 7) is 1.97. The first kappa shape index (κ1) is 11.7. The van der Waals surface area contributed by atoms with Gasteiger partial charge in [0.25, 0.3) is 0 Å². The molecule has 17 heavy (non-hydrogen) atoms. The number of anilines is 2. The third kappa shape index (κ3) is 2.50. The fourth-order valence-electron chi connectivity index (χ4n) is 1.40. The Hall–Kier alpha value is -1.75. The standard InChI is InChI=1S/C12H10BrNO3/c1-7-3-2-4-8(11(7)13)14-10-6-5-9(17-10)12(15)16/h2-6,14H,1H3,(H,15,16). The molecule has 0 atom stereocenters. The van der Waals surface area contributed by atoms with Crippen LogP contribution in [-0.4, -0.2) is 11.1 Å². The first-order valence-electron chi connectivity index (χ1n) is 4.93. The largest absolute Gasteiger partial charge is 0.475 e. The van der Waals surface area contributed by atoms with Crippen LogP contribution in [0.25, 0.3) is 0 Å². The highest BCUT2D eigenvalue weighted by Gasteiger charge is 2.10. The van der Waals surface area contributed by atoms with Crippen molar-refractivity contribution in [1.29, 1.82) is 0 Å². The van der Waals surface area contributed by atoms with Crippen molar-refractivity contribution in [3.05, 3.63) is 46.1 Å². The highest BCUT2D eigenvalue weighted by Crippen LogP contribution is 2.29. The summed E-state index contributed by atoms with van der Waals surface area (Å²) in [5.74, 6) is -0.772. The topological polar surface area (TPSA) is 62.5 Å². The second-order valence-electron chi connectivity index (χ2n) is 3.53. The Bertz CT molecular complexity index is 563. The lowest BCUT2D eigenvalue weighted by Crippen LogP contribution is -1.93. The third-order valence-corrected chi connectivity index (χ3v) is 3.32. The number of nitrogens with one attached hydrogen (secondary N) is 1. The first-order chi connectivity index (χ1) is 8.08. The van der Waals surface area contributed by atoms with E-state index >= 15 is 0 Å². The van der Waals surface area contributed by atoms with Crippen molar-refractivity contribution in [3.63, 3.8) is 0 Å². The van der Waals surface area contributed by atoms with Crippen molar-refractivity contribution in [3.8, 4) is 0 Å². The monoisotopic (exact) mass is 295 g/mol. The molecule has 1 aromatic carbocycles. The van der Waals surface area contributed by atoms with Gasteiger partial charge in [0.15, 0.2) is 5.88 Å². The number of aromatic carboxylic acids is 1. The lowest BCUT2D eigenvalue weighted by Gasteiger charge is -2.07. The number of benzene rings is 1. The van der Waals surface area contributed by atoms with Gasteiger partial charge in [-0.25, -0.2) is 4.79 Å². The Kier molecular flexibility index (Phi) is 3.19. The van der Waals surface area contributed by atoms with Gasteiger partial charge in [-0.3, -0.25) is 0 Å². The molecule has 0 fully saturated rings. The maximum absolute atomic E-state index is 10.7. The van der Waals surface area contributed by atoms with Gasteiger partial charge in [0, 0.05) is 10.5 Å². The van der Waals surface area contributed by atoms with Crippen molar-refractivity contribution >= 4 is 33.5 Å². The van der Waals surface area contributed by atoms with Crippen molar-refractivity contribution in [2.24, 2.45) is 0 Å². The lowest BCUT2D eigenvalue weighted by molar-refractivity contribution is 0.0663. The molecular formula is C12H10BrNO3. The van der Waals surface area contributed by atoms with Crippen LogP contribution in [0, 0.1) is 6.92 Å². The van der Waals surface area contributed by atoms with Gasteiger partial charge in [-0.15, -0.1) is 0 Å². The van der Waals surface area contributed by atoms with Crippen molar-refractivity contribution in [1.82, 2.24) is 0 Å². The molecule has 88 valence electrons. The van der Waals surface area contributed by atoms with Crippen molar-refractivity contribution in [2.75, 3.05) is 5.32 Å². The van der Waals surface area contributed by atoms with Crippen molar-refractivity contribution < 1.29 is 14.3 Å². The predicted octanol–water partition coefficient (Wildman–Crippen LogP) is 3.79. The summed E-state index contributed by atoms with van der Waals surface area (Å²) >= 11 is 3.45. The highest BCUT2D eigenvalue weighted by molar-refractivity contribution is 9.10. The summed E-state index contributed by atoms with van der Waals surface area (Å²) in [5.41, 5.74) is 1.91. The summed E-state index contributed by atoms with van der Waals surface area (Å²) in [6, 6.07) is 8.75. The summed E-state index contributed by atoms with van der Waals surface area (Å²) in [6.07, 6.45) is 0. The highest BCUT2D eigenvalue weighted by atomic mass is 79.9. The molecule has 0 saturated carbocycles. The zero-order valence-corrected chi connectivity index (χ0v) is 10.6. The SMILES string of the molecule is Cc1cccc(Nc2ccc(C(=O)O)o2)c1Br. The van der Waals surface area contributed by atoms with Crippen LogP contribution in [0.1, 0.15) is 16.1 Å². The van der Waals surface area contributed by atoms with E-state index in [9.17, 15) is 4.79 Å². The van der Waals surface area contributed by atoms with Gasteiger partial charge in [-0.1, -0.05) is 12.1 Å². The van der Waals surface area contributed by atoms with E-state index in [2.05, 4.69) is 21.2 Å². The number of hydrogen-bond donors (Lipinski definition) is 2. The van der Waals surface area contributed by atoms with Crippen LogP contribution >= 0.6 is 15.9 Å². The normalized spacial score (nSPS) is 10.2. The van der Waals surface area contributed by atoms with Crippen LogP contribution in [0.15, 0.2) is 39.2 Å². The van der Waals surface area contributed by atoms with Crippen molar-refractivity contribution in [2.45, 2.75) is 6.92 Å². The number of aryl methyl sites for hydroxylation is 1. The molecule has 2 aromatic rings. The van der Waals surface area contributed by atoms with Crippen LogP contribution in [0.3, 0.4) is 0 Å². The zero-order valence-electron chi connectivity index (χ0n) is 9.03. The van der Waals surface area contributed by atoms with E-state index in [1.165, 1.54) is 6.07 Å². The van der Waals surface area contributed by atoms with Crippen LogP contribution in [0.2, 0.25) is 0 Å². The van der Waals surface area contributed by atoms with Crippen LogP contribution < -0.4 is 5.32 Å². The smallest absolute Gasteiger partial charge is 0.371 e. The van der Waals surface area contributed by atoms with E-state index < -0.39 is 5.97 Å². The molecule has 0 aliphatic rings. The Morgan fingerprint density at radius 3 is 2.76 bits per heavy atom. The minimum absolute atomic E-state index is 0.0868. The number of halogens is 1. The molecule has 0 amide bonds. The molecule has 4 nitrogen and oxygen atoms in total. The maximum Gasteiger partial charge on any atom is 0.371 e. The fraction of sp³-hybridized carbons (Fsp3) is 0.0833. The molecule has 0 aliphatic heterocycles. The average Bonchev–Trinajstić information content (AvgIpc) is 2.73. The van der Waals surface area contributed by atoms with Gasteiger partial charge in [0.1, 0.15) is 0 Å². The molecule has 0 bridgehead atoms. The summed E-state index contributed by atoms with van der Waals surface area (Å²) < 4.78 is 6.04. The molecule has 0 unspecified atom stereocenters. The number of rotatable bonds is 3. The van der Waals surface area contributed by atoms with Gasteiger partial charge in [0.2, 0.25) is 5.76 Å². The molecule has 0 saturated heterocycles. The minimum atomic E-state index is -1.08. The summed E-state index contributed by atoms with van der Waals surface area (Å²) in [4.78, 5) is 10.7. The molecule has 1 aromatic heterocycles. The number of carbonyl (C=O) groups is 1. The van der Waals surface area contributed by atoms with Crippen LogP contribution in [0.5, 0.6) is 0 Å². The number of furan rings is 1. The summed E-state index contributed by atoms with van der Waals surface area (Å²) in [7, 11) is 0. The van der Waals surface area contributed by atoms with E-state index in [0.717, 1.165) is 15.7 Å². The fourth-order valence-corrected chi connectivity index (χ4v) is 1.76. The van der Waals surface area contributed by atoms with E-state index in [-0.39, 0.29) is 5.76 Å². The second-order valence-corrected chi connectivity index (χ2v) is 4.32. The van der Waals surface area contributed by atoms with Gasteiger partial charge >= 0.3 is 5.97 Å². The third-order valence-electron chi connectivity index (χ3n) is 2.27. The molecule has 2 rings (SSSR count). The van der Waals surface area contributed by atoms with Crippen LogP contribution in [0.4, 0.5) is 11.6 Å². The molecule has 0 spiro atoms. The van der Waals surface area contributed by atoms with E-state index in [0.29, 0.717) is 5.88 Å². The average molecular weight is 296 g/mol. The van der Waals surface area contributed by atoms with E-state index in [4.69, 9.17) is 9.52 Å². The Balaban J connectivity index is 2.25. The zero-order chi connectivity index (χ0) is 12.4. The van der Waals surface area contributed by atoms with E-state index in [1.807, 2.05) is 25.1 Å². The summed E-state index contributed by atoms with van der Waals surface area (Å²) in [5, 5.41) is 11.7. The quantitative estimate of drug-likeness (QED) is 0.904. The van der Waals surface area contributed by atoms with Crippen LogP contribution in [-0.2, 0) is 0 Å². The Morgan fingerprint density at radius 2 is 2.12 bits per heavy atom. The molecule has 1 heterocycles. The second kappa shape index (κ2) is 4.63. The molecule has 2 N–H and O–H groups in total. The lowest BCUT2D eigenvalue weighted by atomic mass is 10.2. The number of carboxylic acid groups (broad SMARTS) is 1. The minimum Gasteiger partial charge on any atom is -0.475 e. The Morgan fingerprint density at radius 1 is 1.35 bits per heavy atom. The molecule has 0 aliphatic carbocycles. The van der Waals surface area contributed by atoms with Gasteiger partial charge in [0.05, 0.1) is 5.69 Å². The number of carboxylic acids is 1. The predicted molar refractivity (Wildman–Crippen MR) is 67.8 cm³/mol.